The Bertz CT molecular complexity index is 410. The number of anilines is 1. The smallest absolute Gasteiger partial charge is 0.140 e. The summed E-state index contributed by atoms with van der Waals surface area (Å²) in [5, 5.41) is 8.72. The van der Waals surface area contributed by atoms with E-state index >= 15 is 0 Å². The van der Waals surface area contributed by atoms with Gasteiger partial charge >= 0.3 is 0 Å². The highest BCUT2D eigenvalue weighted by molar-refractivity contribution is 5.48. The Hall–Kier alpha value is -1.56. The molecule has 0 saturated heterocycles. The van der Waals surface area contributed by atoms with E-state index in [9.17, 15) is 0 Å². The third-order valence-corrected chi connectivity index (χ3v) is 3.33. The highest BCUT2D eigenvalue weighted by Gasteiger charge is 2.33. The first-order chi connectivity index (χ1) is 7.86. The highest BCUT2D eigenvalue weighted by Crippen LogP contribution is 2.37. The third-order valence-electron chi connectivity index (χ3n) is 3.33. The van der Waals surface area contributed by atoms with Crippen LogP contribution in [0.4, 0.5) is 5.69 Å². The van der Waals surface area contributed by atoms with Crippen LogP contribution in [0.2, 0.25) is 0 Å². The molecule has 0 spiro atoms. The van der Waals surface area contributed by atoms with Crippen LogP contribution in [-0.2, 0) is 0 Å². The predicted octanol–water partition coefficient (Wildman–Crippen LogP) is 2.33. The molecule has 3 rings (SSSR count). The van der Waals surface area contributed by atoms with E-state index in [1.807, 2.05) is 18.3 Å². The zero-order valence-electron chi connectivity index (χ0n) is 9.26. The maximum Gasteiger partial charge on any atom is 0.140 e. The Kier molecular flexibility index (Phi) is 2.28. The molecule has 0 aromatic carbocycles. The molecule has 1 heterocycles. The van der Waals surface area contributed by atoms with Gasteiger partial charge in [-0.1, -0.05) is 0 Å². The molecule has 82 valence electrons. The quantitative estimate of drug-likeness (QED) is 0.770. The number of pyridine rings is 1. The number of hydrogen-bond donors (Lipinski definition) is 0. The predicted molar refractivity (Wildman–Crippen MR) is 62.0 cm³/mol. The molecule has 3 heteroatoms. The van der Waals surface area contributed by atoms with Crippen molar-refractivity contribution in [1.29, 1.82) is 5.26 Å². The molecule has 0 amide bonds. The van der Waals surface area contributed by atoms with Gasteiger partial charge in [-0.15, -0.1) is 0 Å². The molecular formula is C13H15N3. The fraction of sp³-hybridized carbons (Fsp3) is 0.538. The van der Waals surface area contributed by atoms with Crippen LogP contribution in [-0.4, -0.2) is 17.6 Å². The van der Waals surface area contributed by atoms with Crippen molar-refractivity contribution in [3.8, 4) is 6.07 Å². The lowest BCUT2D eigenvalue weighted by Gasteiger charge is -2.24. The molecule has 16 heavy (non-hydrogen) atoms. The molecule has 1 aromatic heterocycles. The standard InChI is InChI=1S/C13H15N3/c14-7-11-3-4-13(8-15-11)16(12-5-6-12)9-10-1-2-10/h3-4,8,10,12H,1-2,5-6,9H2. The lowest BCUT2D eigenvalue weighted by Crippen LogP contribution is -2.28. The summed E-state index contributed by atoms with van der Waals surface area (Å²) in [6.07, 6.45) is 7.23. The zero-order chi connectivity index (χ0) is 11.0. The largest absolute Gasteiger partial charge is 0.367 e. The van der Waals surface area contributed by atoms with Gasteiger partial charge in [0.1, 0.15) is 11.8 Å². The molecule has 0 bridgehead atoms. The van der Waals surface area contributed by atoms with Crippen molar-refractivity contribution < 1.29 is 0 Å². The van der Waals surface area contributed by atoms with Crippen molar-refractivity contribution in [2.24, 2.45) is 5.92 Å². The van der Waals surface area contributed by atoms with Crippen molar-refractivity contribution in [3.63, 3.8) is 0 Å². The summed E-state index contributed by atoms with van der Waals surface area (Å²) in [4.78, 5) is 6.63. The zero-order valence-corrected chi connectivity index (χ0v) is 9.26. The molecule has 0 aliphatic heterocycles. The van der Waals surface area contributed by atoms with Crippen LogP contribution in [0, 0.1) is 17.2 Å². The molecule has 3 nitrogen and oxygen atoms in total. The Morgan fingerprint density at radius 1 is 1.31 bits per heavy atom. The summed E-state index contributed by atoms with van der Waals surface area (Å²) >= 11 is 0. The third kappa shape index (κ3) is 2.01. The maximum absolute atomic E-state index is 8.72. The van der Waals surface area contributed by atoms with E-state index in [1.165, 1.54) is 37.9 Å². The molecular weight excluding hydrogens is 198 g/mol. The van der Waals surface area contributed by atoms with Crippen LogP contribution in [0.25, 0.3) is 0 Å². The molecule has 0 radical (unpaired) electrons. The second-order valence-corrected chi connectivity index (χ2v) is 4.84. The van der Waals surface area contributed by atoms with E-state index in [-0.39, 0.29) is 0 Å². The van der Waals surface area contributed by atoms with Crippen molar-refractivity contribution in [1.82, 2.24) is 4.98 Å². The molecule has 1 aromatic rings. The first-order valence-electron chi connectivity index (χ1n) is 5.99. The fourth-order valence-electron chi connectivity index (χ4n) is 2.05. The monoisotopic (exact) mass is 213 g/mol. The van der Waals surface area contributed by atoms with Crippen LogP contribution in [0.15, 0.2) is 18.3 Å². The van der Waals surface area contributed by atoms with Crippen LogP contribution >= 0.6 is 0 Å². The lowest BCUT2D eigenvalue weighted by atomic mass is 10.3. The van der Waals surface area contributed by atoms with E-state index in [1.54, 1.807) is 0 Å². The first kappa shape index (κ1) is 9.65. The van der Waals surface area contributed by atoms with Gasteiger partial charge in [0, 0.05) is 12.6 Å². The van der Waals surface area contributed by atoms with Gasteiger partial charge in [-0.2, -0.15) is 5.26 Å². The number of aromatic nitrogens is 1. The van der Waals surface area contributed by atoms with E-state index < -0.39 is 0 Å². The van der Waals surface area contributed by atoms with Crippen molar-refractivity contribution in [3.05, 3.63) is 24.0 Å². The van der Waals surface area contributed by atoms with Gasteiger partial charge in [-0.05, 0) is 43.7 Å². The maximum atomic E-state index is 8.72. The van der Waals surface area contributed by atoms with E-state index in [0.717, 1.165) is 12.0 Å². The lowest BCUT2D eigenvalue weighted by molar-refractivity contribution is 0.717. The highest BCUT2D eigenvalue weighted by atomic mass is 15.2. The SMILES string of the molecule is N#Cc1ccc(N(CC2CC2)C2CC2)cn1. The number of nitrogens with zero attached hydrogens (tertiary/aromatic N) is 3. The minimum atomic E-state index is 0.505. The number of rotatable bonds is 4. The molecule has 2 saturated carbocycles. The van der Waals surface area contributed by atoms with Gasteiger partial charge in [-0.25, -0.2) is 4.98 Å². The Morgan fingerprint density at radius 2 is 2.12 bits per heavy atom. The number of nitriles is 1. The second kappa shape index (κ2) is 3.79. The fourth-order valence-corrected chi connectivity index (χ4v) is 2.05. The molecule has 2 aliphatic carbocycles. The summed E-state index contributed by atoms with van der Waals surface area (Å²) in [6, 6.07) is 6.64. The van der Waals surface area contributed by atoms with Crippen molar-refractivity contribution in [2.45, 2.75) is 31.7 Å². The Labute approximate surface area is 95.7 Å². The summed E-state index contributed by atoms with van der Waals surface area (Å²) in [5.41, 5.74) is 1.69. The van der Waals surface area contributed by atoms with Gasteiger partial charge in [0.05, 0.1) is 11.9 Å². The molecule has 0 unspecified atom stereocenters. The van der Waals surface area contributed by atoms with E-state index in [0.29, 0.717) is 5.69 Å². The normalized spacial score (nSPS) is 19.2. The average molecular weight is 213 g/mol. The minimum absolute atomic E-state index is 0.505. The van der Waals surface area contributed by atoms with Crippen molar-refractivity contribution >= 4 is 5.69 Å². The molecule has 0 N–H and O–H groups in total. The minimum Gasteiger partial charge on any atom is -0.367 e. The van der Waals surface area contributed by atoms with E-state index in [2.05, 4.69) is 16.0 Å². The second-order valence-electron chi connectivity index (χ2n) is 4.84. The number of hydrogen-bond acceptors (Lipinski definition) is 3. The summed E-state index contributed by atoms with van der Waals surface area (Å²) in [6.45, 7) is 1.18. The van der Waals surface area contributed by atoms with E-state index in [4.69, 9.17) is 5.26 Å². The summed E-state index contributed by atoms with van der Waals surface area (Å²) < 4.78 is 0. The van der Waals surface area contributed by atoms with Crippen molar-refractivity contribution in [2.75, 3.05) is 11.4 Å². The van der Waals surface area contributed by atoms with Gasteiger partial charge in [0.25, 0.3) is 0 Å². The Morgan fingerprint density at radius 3 is 2.62 bits per heavy atom. The van der Waals surface area contributed by atoms with Gasteiger partial charge in [-0.3, -0.25) is 0 Å². The van der Waals surface area contributed by atoms with Crippen LogP contribution in [0.5, 0.6) is 0 Å². The van der Waals surface area contributed by atoms with Gasteiger partial charge in [0.2, 0.25) is 0 Å². The molecule has 0 atom stereocenters. The summed E-state index contributed by atoms with van der Waals surface area (Å²) in [5.74, 6) is 0.899. The van der Waals surface area contributed by atoms with Crippen LogP contribution < -0.4 is 4.90 Å². The molecule has 2 fully saturated rings. The molecule has 2 aliphatic rings. The average Bonchev–Trinajstić information content (AvgIpc) is 3.16. The van der Waals surface area contributed by atoms with Gasteiger partial charge < -0.3 is 4.90 Å². The summed E-state index contributed by atoms with van der Waals surface area (Å²) in [7, 11) is 0. The Balaban J connectivity index is 1.78. The first-order valence-corrected chi connectivity index (χ1v) is 5.99. The topological polar surface area (TPSA) is 39.9 Å². The van der Waals surface area contributed by atoms with Gasteiger partial charge in [0.15, 0.2) is 0 Å². The van der Waals surface area contributed by atoms with Crippen LogP contribution in [0.3, 0.4) is 0 Å². The van der Waals surface area contributed by atoms with Crippen LogP contribution in [0.1, 0.15) is 31.4 Å².